The van der Waals surface area contributed by atoms with Crippen molar-refractivity contribution >= 4 is 0 Å². The highest BCUT2D eigenvalue weighted by Crippen LogP contribution is 2.66. The van der Waals surface area contributed by atoms with Crippen LogP contribution in [0.25, 0.3) is 0 Å². The lowest BCUT2D eigenvalue weighted by atomic mass is 9.47. The van der Waals surface area contributed by atoms with E-state index in [2.05, 4.69) is 26.8 Å². The molecule has 23 heavy (non-hydrogen) atoms. The van der Waals surface area contributed by atoms with Crippen molar-refractivity contribution in [2.24, 2.45) is 34.5 Å². The molecule has 0 aliphatic heterocycles. The van der Waals surface area contributed by atoms with Crippen molar-refractivity contribution in [2.75, 3.05) is 0 Å². The minimum atomic E-state index is -0.124. The predicted molar refractivity (Wildman–Crippen MR) is 92.9 cm³/mol. The van der Waals surface area contributed by atoms with Crippen molar-refractivity contribution in [2.45, 2.75) is 84.3 Å². The van der Waals surface area contributed by atoms with E-state index < -0.39 is 0 Å². The average Bonchev–Trinajstić information content (AvgIpc) is 2.79. The Hall–Kier alpha value is -0.340. The van der Waals surface area contributed by atoms with Gasteiger partial charge in [0, 0.05) is 0 Å². The van der Waals surface area contributed by atoms with Gasteiger partial charge < -0.3 is 10.2 Å². The Labute approximate surface area is 141 Å². The fourth-order valence-corrected chi connectivity index (χ4v) is 7.46. The molecule has 0 aromatic carbocycles. The van der Waals surface area contributed by atoms with Gasteiger partial charge in [0.1, 0.15) is 0 Å². The van der Waals surface area contributed by atoms with Gasteiger partial charge in [-0.1, -0.05) is 38.8 Å². The van der Waals surface area contributed by atoms with Gasteiger partial charge in [-0.25, -0.2) is 0 Å². The van der Waals surface area contributed by atoms with Crippen LogP contribution >= 0.6 is 0 Å². The lowest BCUT2D eigenvalue weighted by molar-refractivity contribution is -0.0772. The summed E-state index contributed by atoms with van der Waals surface area (Å²) in [6.45, 7) is 7.24. The maximum atomic E-state index is 10.9. The summed E-state index contributed by atoms with van der Waals surface area (Å²) in [5, 5.41) is 21.0. The summed E-state index contributed by atoms with van der Waals surface area (Å²) < 4.78 is 0. The largest absolute Gasteiger partial charge is 0.393 e. The van der Waals surface area contributed by atoms with Crippen LogP contribution in [0.4, 0.5) is 0 Å². The van der Waals surface area contributed by atoms with E-state index in [4.69, 9.17) is 0 Å². The Bertz CT molecular complexity index is 512. The summed E-state index contributed by atoms with van der Waals surface area (Å²) in [6.07, 6.45) is 11.2. The number of aliphatic hydroxyl groups is 2. The first kappa shape index (κ1) is 16.1. The lowest BCUT2D eigenvalue weighted by Crippen LogP contribution is -2.52. The van der Waals surface area contributed by atoms with Crippen molar-refractivity contribution < 1.29 is 10.2 Å². The summed E-state index contributed by atoms with van der Waals surface area (Å²) in [5.74, 6) is 2.57. The smallest absolute Gasteiger partial charge is 0.0579 e. The Morgan fingerprint density at radius 3 is 2.70 bits per heavy atom. The molecule has 0 aromatic rings. The van der Waals surface area contributed by atoms with Crippen LogP contribution in [0.5, 0.6) is 0 Å². The quantitative estimate of drug-likeness (QED) is 0.707. The zero-order valence-corrected chi connectivity index (χ0v) is 15.1. The molecule has 4 rings (SSSR count). The van der Waals surface area contributed by atoms with Gasteiger partial charge in [0.25, 0.3) is 0 Å². The number of hydrogen-bond acceptors (Lipinski definition) is 2. The van der Waals surface area contributed by atoms with Crippen molar-refractivity contribution in [3.63, 3.8) is 0 Å². The molecular weight excluding hydrogens is 284 g/mol. The van der Waals surface area contributed by atoms with Gasteiger partial charge >= 0.3 is 0 Å². The van der Waals surface area contributed by atoms with Crippen LogP contribution in [-0.2, 0) is 0 Å². The Morgan fingerprint density at radius 2 is 1.96 bits per heavy atom. The van der Waals surface area contributed by atoms with E-state index in [9.17, 15) is 10.2 Å². The van der Waals surface area contributed by atoms with Crippen LogP contribution in [0.15, 0.2) is 11.6 Å². The van der Waals surface area contributed by atoms with Crippen LogP contribution in [-0.4, -0.2) is 22.4 Å². The van der Waals surface area contributed by atoms with Crippen molar-refractivity contribution in [3.05, 3.63) is 11.6 Å². The average molecular weight is 319 g/mol. The van der Waals surface area contributed by atoms with Crippen LogP contribution in [0.2, 0.25) is 0 Å². The van der Waals surface area contributed by atoms with Gasteiger partial charge in [-0.2, -0.15) is 0 Å². The van der Waals surface area contributed by atoms with Crippen LogP contribution in [0, 0.1) is 34.5 Å². The molecular formula is C21H34O2. The number of allylic oxidation sites excluding steroid dienone is 1. The van der Waals surface area contributed by atoms with Gasteiger partial charge in [0.05, 0.1) is 12.2 Å². The van der Waals surface area contributed by atoms with Gasteiger partial charge in [-0.05, 0) is 79.4 Å². The Kier molecular flexibility index (Phi) is 3.74. The van der Waals surface area contributed by atoms with Gasteiger partial charge in [-0.15, -0.1) is 0 Å². The van der Waals surface area contributed by atoms with E-state index in [0.717, 1.165) is 38.0 Å². The molecule has 0 bridgehead atoms. The molecule has 2 nitrogen and oxygen atoms in total. The first-order valence-corrected chi connectivity index (χ1v) is 9.95. The zero-order chi connectivity index (χ0) is 16.4. The van der Waals surface area contributed by atoms with Crippen LogP contribution in [0.3, 0.4) is 0 Å². The van der Waals surface area contributed by atoms with Crippen LogP contribution < -0.4 is 0 Å². The zero-order valence-electron chi connectivity index (χ0n) is 15.1. The number of rotatable bonds is 1. The van der Waals surface area contributed by atoms with Crippen molar-refractivity contribution in [1.29, 1.82) is 0 Å². The molecule has 0 heterocycles. The maximum Gasteiger partial charge on any atom is 0.0579 e. The predicted octanol–water partition coefficient (Wildman–Crippen LogP) is 4.31. The summed E-state index contributed by atoms with van der Waals surface area (Å²) >= 11 is 0. The van der Waals surface area contributed by atoms with E-state index in [1.807, 2.05) is 0 Å². The standard InChI is InChI=1S/C21H34O2/c1-4-13-12-18(23)19-16-6-5-14-11-15(22)7-9-20(14,2)17(16)8-10-21(13,19)3/h5,13,15-19,22-23H,4,6-12H2,1-3H3/t13-,15?,16-,17+,18?,19-,20+,21-/m1/s1. The molecule has 2 unspecified atom stereocenters. The van der Waals surface area contributed by atoms with E-state index in [-0.39, 0.29) is 17.6 Å². The van der Waals surface area contributed by atoms with E-state index in [0.29, 0.717) is 23.2 Å². The van der Waals surface area contributed by atoms with E-state index in [1.54, 1.807) is 0 Å². The summed E-state index contributed by atoms with van der Waals surface area (Å²) in [6, 6.07) is 0. The number of aliphatic hydroxyl groups excluding tert-OH is 2. The third-order valence-electron chi connectivity index (χ3n) is 8.74. The number of fused-ring (bicyclic) bond motifs is 5. The molecule has 0 radical (unpaired) electrons. The molecule has 0 aromatic heterocycles. The second-order valence-electron chi connectivity index (χ2n) is 9.53. The normalized spacial score (nSPS) is 55.6. The van der Waals surface area contributed by atoms with E-state index >= 15 is 0 Å². The van der Waals surface area contributed by atoms with Gasteiger partial charge in [0.15, 0.2) is 0 Å². The second-order valence-corrected chi connectivity index (χ2v) is 9.53. The SMILES string of the molecule is CC[C@@H]1CC(O)[C@H]2[C@@H]3CC=C4CC(O)CC[C@]4(C)[C@H]3CC[C@]12C. The Morgan fingerprint density at radius 1 is 1.17 bits per heavy atom. The molecule has 0 spiro atoms. The summed E-state index contributed by atoms with van der Waals surface area (Å²) in [4.78, 5) is 0. The molecule has 3 saturated carbocycles. The first-order valence-electron chi connectivity index (χ1n) is 9.95. The molecule has 2 heteroatoms. The third-order valence-corrected chi connectivity index (χ3v) is 8.74. The Balaban J connectivity index is 1.69. The molecule has 3 fully saturated rings. The minimum Gasteiger partial charge on any atom is -0.393 e. The third kappa shape index (κ3) is 2.13. The summed E-state index contributed by atoms with van der Waals surface area (Å²) in [7, 11) is 0. The van der Waals surface area contributed by atoms with Crippen molar-refractivity contribution in [1.82, 2.24) is 0 Å². The second kappa shape index (κ2) is 5.33. The molecule has 0 amide bonds. The monoisotopic (exact) mass is 318 g/mol. The molecule has 4 aliphatic carbocycles. The highest BCUT2D eigenvalue weighted by molar-refractivity contribution is 5.25. The molecule has 2 N–H and O–H groups in total. The van der Waals surface area contributed by atoms with Gasteiger partial charge in [0.2, 0.25) is 0 Å². The molecule has 8 atom stereocenters. The molecule has 4 aliphatic rings. The minimum absolute atomic E-state index is 0.0921. The van der Waals surface area contributed by atoms with Gasteiger partial charge in [-0.3, -0.25) is 0 Å². The van der Waals surface area contributed by atoms with E-state index in [1.165, 1.54) is 24.8 Å². The first-order chi connectivity index (χ1) is 10.9. The molecule has 0 saturated heterocycles. The highest BCUT2D eigenvalue weighted by atomic mass is 16.3. The number of hydrogen-bond donors (Lipinski definition) is 2. The molecule has 130 valence electrons. The van der Waals surface area contributed by atoms with Crippen molar-refractivity contribution in [3.8, 4) is 0 Å². The lowest BCUT2D eigenvalue weighted by Gasteiger charge is -2.58. The van der Waals surface area contributed by atoms with Crippen LogP contribution in [0.1, 0.15) is 72.1 Å². The fourth-order valence-electron chi connectivity index (χ4n) is 7.46. The summed E-state index contributed by atoms with van der Waals surface area (Å²) in [5.41, 5.74) is 2.17. The topological polar surface area (TPSA) is 40.5 Å². The maximum absolute atomic E-state index is 10.9. The highest BCUT2D eigenvalue weighted by Gasteiger charge is 2.60. The fraction of sp³-hybridized carbons (Fsp3) is 0.905.